The van der Waals surface area contributed by atoms with Crippen molar-refractivity contribution in [3.63, 3.8) is 0 Å². The van der Waals surface area contributed by atoms with Crippen LogP contribution in [0.15, 0.2) is 53.4 Å². The molecule has 32 heavy (non-hydrogen) atoms. The van der Waals surface area contributed by atoms with Crippen molar-refractivity contribution in [3.05, 3.63) is 70.5 Å². The van der Waals surface area contributed by atoms with Gasteiger partial charge in [0.15, 0.2) is 0 Å². The lowest BCUT2D eigenvalue weighted by Gasteiger charge is -2.34. The topological polar surface area (TPSA) is 92.3 Å². The minimum absolute atomic E-state index is 0.0475. The summed E-state index contributed by atoms with van der Waals surface area (Å²) in [6.07, 6.45) is 3.01. The van der Waals surface area contributed by atoms with Crippen LogP contribution in [0, 0.1) is 5.82 Å². The van der Waals surface area contributed by atoms with Crippen LogP contribution in [-0.4, -0.2) is 34.9 Å². The number of aryl methyl sites for hydroxylation is 1. The number of sulfonamides is 1. The van der Waals surface area contributed by atoms with Crippen molar-refractivity contribution in [2.24, 2.45) is 0 Å². The summed E-state index contributed by atoms with van der Waals surface area (Å²) < 4.78 is 41.3. The summed E-state index contributed by atoms with van der Waals surface area (Å²) in [6.45, 7) is 2.13. The molecule has 3 aromatic rings. The maximum Gasteiger partial charge on any atom is 0.245 e. The van der Waals surface area contributed by atoms with E-state index in [1.807, 2.05) is 24.3 Å². The first-order valence-electron chi connectivity index (χ1n) is 10.4. The van der Waals surface area contributed by atoms with Crippen molar-refractivity contribution in [3.8, 4) is 0 Å². The molecule has 0 aliphatic carbocycles. The molecular formula is C22H23FN4O3S2. The number of anilines is 1. The number of rotatable bonds is 7. The van der Waals surface area contributed by atoms with Crippen LogP contribution in [0.3, 0.4) is 0 Å². The minimum atomic E-state index is -4.04. The van der Waals surface area contributed by atoms with Gasteiger partial charge in [-0.3, -0.25) is 10.1 Å². The van der Waals surface area contributed by atoms with Crippen LogP contribution >= 0.6 is 11.3 Å². The van der Waals surface area contributed by atoms with Crippen LogP contribution in [0.5, 0.6) is 0 Å². The van der Waals surface area contributed by atoms with Gasteiger partial charge in [0.25, 0.3) is 0 Å². The molecule has 0 saturated carbocycles. The van der Waals surface area contributed by atoms with E-state index < -0.39 is 27.8 Å². The lowest BCUT2D eigenvalue weighted by atomic mass is 9.95. The molecule has 1 amide bonds. The van der Waals surface area contributed by atoms with Crippen molar-refractivity contribution in [1.82, 2.24) is 14.5 Å². The fourth-order valence-corrected chi connectivity index (χ4v) is 5.99. The number of hydrogen-bond donors (Lipinski definition) is 1. The summed E-state index contributed by atoms with van der Waals surface area (Å²) in [5.41, 5.74) is 1.75. The number of fused-ring (bicyclic) bond motifs is 1. The summed E-state index contributed by atoms with van der Waals surface area (Å²) in [4.78, 5) is 13.1. The van der Waals surface area contributed by atoms with E-state index in [-0.39, 0.29) is 17.9 Å². The Morgan fingerprint density at radius 1 is 1.16 bits per heavy atom. The van der Waals surface area contributed by atoms with Crippen molar-refractivity contribution in [2.75, 3.05) is 5.32 Å². The first kappa shape index (κ1) is 22.5. The molecule has 2 heterocycles. The van der Waals surface area contributed by atoms with Gasteiger partial charge in [-0.15, -0.1) is 10.2 Å². The van der Waals surface area contributed by atoms with Crippen LogP contribution in [-0.2, 0) is 34.2 Å². The standard InChI is InChI=1S/C22H23FN4O3S2/c1-2-3-8-20-25-26-22(31-20)24-21(28)19-13-15-6-4-5-7-16(15)14-27(19)32(29,30)18-11-9-17(23)10-12-18/h4-7,9-12,19H,2-3,8,13-14H2,1H3,(H,24,26,28). The molecule has 0 saturated heterocycles. The SMILES string of the molecule is CCCCc1nnc(NC(=O)C2Cc3ccccc3CN2S(=O)(=O)c2ccc(F)cc2)s1. The summed E-state index contributed by atoms with van der Waals surface area (Å²) in [5, 5.41) is 12.0. The van der Waals surface area contributed by atoms with Gasteiger partial charge in [-0.2, -0.15) is 4.31 Å². The van der Waals surface area contributed by atoms with Gasteiger partial charge < -0.3 is 0 Å². The van der Waals surface area contributed by atoms with Crippen LogP contribution in [0.4, 0.5) is 9.52 Å². The summed E-state index contributed by atoms with van der Waals surface area (Å²) in [7, 11) is -4.04. The second-order valence-electron chi connectivity index (χ2n) is 7.59. The average molecular weight is 475 g/mol. The number of amides is 1. The van der Waals surface area contributed by atoms with Gasteiger partial charge in [-0.1, -0.05) is 48.9 Å². The first-order chi connectivity index (χ1) is 15.4. The quantitative estimate of drug-likeness (QED) is 0.563. The van der Waals surface area contributed by atoms with Gasteiger partial charge in [0.1, 0.15) is 16.9 Å². The molecule has 1 aliphatic rings. The zero-order valence-corrected chi connectivity index (χ0v) is 19.1. The van der Waals surface area contributed by atoms with Crippen molar-refractivity contribution in [2.45, 2.75) is 50.1 Å². The highest BCUT2D eigenvalue weighted by Crippen LogP contribution is 2.30. The van der Waals surface area contributed by atoms with Crippen molar-refractivity contribution >= 4 is 32.4 Å². The van der Waals surface area contributed by atoms with E-state index >= 15 is 0 Å². The predicted octanol–water partition coefficient (Wildman–Crippen LogP) is 3.77. The zero-order chi connectivity index (χ0) is 22.7. The van der Waals surface area contributed by atoms with E-state index in [4.69, 9.17) is 0 Å². The normalized spacial score (nSPS) is 16.5. The number of benzene rings is 2. The molecule has 1 atom stereocenters. The third kappa shape index (κ3) is 4.72. The number of aromatic nitrogens is 2. The zero-order valence-electron chi connectivity index (χ0n) is 17.5. The van der Waals surface area contributed by atoms with Crippen molar-refractivity contribution < 1.29 is 17.6 Å². The maximum atomic E-state index is 13.4. The Labute approximate surface area is 190 Å². The maximum absolute atomic E-state index is 13.4. The van der Waals surface area contributed by atoms with Gasteiger partial charge in [0.2, 0.25) is 21.1 Å². The Kier molecular flexibility index (Phi) is 6.63. The van der Waals surface area contributed by atoms with E-state index in [0.717, 1.165) is 47.5 Å². The van der Waals surface area contributed by atoms with Crippen LogP contribution in [0.25, 0.3) is 0 Å². The Hall–Kier alpha value is -2.69. The molecule has 168 valence electrons. The smallest absolute Gasteiger partial charge is 0.245 e. The van der Waals surface area contributed by atoms with Crippen LogP contribution in [0.2, 0.25) is 0 Å². The highest BCUT2D eigenvalue weighted by atomic mass is 32.2. The van der Waals surface area contributed by atoms with Gasteiger partial charge in [0, 0.05) is 13.0 Å². The number of nitrogens with zero attached hydrogens (tertiary/aromatic N) is 3. The molecule has 0 spiro atoms. The average Bonchev–Trinajstić information content (AvgIpc) is 3.24. The summed E-state index contributed by atoms with van der Waals surface area (Å²) in [5.74, 6) is -0.999. The summed E-state index contributed by atoms with van der Waals surface area (Å²) >= 11 is 1.29. The fraction of sp³-hybridized carbons (Fsp3) is 0.318. The molecule has 0 fully saturated rings. The number of halogens is 1. The van der Waals surface area contributed by atoms with E-state index in [0.29, 0.717) is 5.13 Å². The van der Waals surface area contributed by atoms with E-state index in [1.54, 1.807) is 0 Å². The Morgan fingerprint density at radius 2 is 1.88 bits per heavy atom. The predicted molar refractivity (Wildman–Crippen MR) is 120 cm³/mol. The second-order valence-corrected chi connectivity index (χ2v) is 10.5. The number of unbranched alkanes of at least 4 members (excludes halogenated alkanes) is 1. The third-order valence-corrected chi connectivity index (χ3v) is 8.14. The molecule has 10 heteroatoms. The third-order valence-electron chi connectivity index (χ3n) is 5.37. The molecular weight excluding hydrogens is 451 g/mol. The molecule has 1 N–H and O–H groups in total. The van der Waals surface area contributed by atoms with E-state index in [1.165, 1.54) is 27.8 Å². The largest absolute Gasteiger partial charge is 0.299 e. The molecule has 0 radical (unpaired) electrons. The lowest BCUT2D eigenvalue weighted by molar-refractivity contribution is -0.120. The van der Waals surface area contributed by atoms with Crippen LogP contribution < -0.4 is 5.32 Å². The number of nitrogens with one attached hydrogen (secondary N) is 1. The Balaban J connectivity index is 1.63. The summed E-state index contributed by atoms with van der Waals surface area (Å²) in [6, 6.07) is 11.1. The molecule has 4 rings (SSSR count). The number of carbonyl (C=O) groups excluding carboxylic acids is 1. The number of carbonyl (C=O) groups is 1. The van der Waals surface area contributed by atoms with E-state index in [9.17, 15) is 17.6 Å². The van der Waals surface area contributed by atoms with E-state index in [2.05, 4.69) is 22.4 Å². The fourth-order valence-electron chi connectivity index (χ4n) is 3.64. The monoisotopic (exact) mass is 474 g/mol. The Bertz CT molecular complexity index is 1210. The molecule has 1 aliphatic heterocycles. The van der Waals surface area contributed by atoms with Gasteiger partial charge in [0.05, 0.1) is 4.90 Å². The Morgan fingerprint density at radius 3 is 2.59 bits per heavy atom. The molecule has 2 aromatic carbocycles. The van der Waals surface area contributed by atoms with Gasteiger partial charge in [-0.05, 0) is 48.2 Å². The molecule has 7 nitrogen and oxygen atoms in total. The molecule has 1 unspecified atom stereocenters. The highest BCUT2D eigenvalue weighted by molar-refractivity contribution is 7.89. The van der Waals surface area contributed by atoms with Gasteiger partial charge in [-0.25, -0.2) is 12.8 Å². The molecule has 0 bridgehead atoms. The van der Waals surface area contributed by atoms with Crippen molar-refractivity contribution in [1.29, 1.82) is 0 Å². The highest BCUT2D eigenvalue weighted by Gasteiger charge is 2.39. The minimum Gasteiger partial charge on any atom is -0.299 e. The number of hydrogen-bond acceptors (Lipinski definition) is 6. The van der Waals surface area contributed by atoms with Gasteiger partial charge >= 0.3 is 0 Å². The lowest BCUT2D eigenvalue weighted by Crippen LogP contribution is -2.50. The molecule has 1 aromatic heterocycles. The second kappa shape index (κ2) is 9.43. The first-order valence-corrected chi connectivity index (χ1v) is 12.6. The van der Waals surface area contributed by atoms with Crippen LogP contribution in [0.1, 0.15) is 35.9 Å².